The first kappa shape index (κ1) is 16.6. The Bertz CT molecular complexity index is 567. The molecule has 0 aromatic rings. The average Bonchev–Trinajstić information content (AvgIpc) is 2.91. The maximum absolute atomic E-state index is 12.3. The Balaban J connectivity index is 1.65. The molecule has 4 saturated carbocycles. The van der Waals surface area contributed by atoms with Crippen molar-refractivity contribution in [2.75, 3.05) is 7.11 Å². The highest BCUT2D eigenvalue weighted by atomic mass is 16.5. The zero-order valence-electron chi connectivity index (χ0n) is 15.4. The highest BCUT2D eigenvalue weighted by Gasteiger charge is 2.60. The van der Waals surface area contributed by atoms with Crippen LogP contribution in [0.3, 0.4) is 0 Å². The molecule has 4 fully saturated rings. The van der Waals surface area contributed by atoms with Crippen molar-refractivity contribution >= 4 is 5.78 Å². The molecule has 0 aromatic heterocycles. The summed E-state index contributed by atoms with van der Waals surface area (Å²) in [5.41, 5.74) is 1.21. The van der Waals surface area contributed by atoms with Gasteiger partial charge in [0, 0.05) is 19.1 Å². The van der Waals surface area contributed by atoms with Crippen molar-refractivity contribution in [2.24, 2.45) is 34.5 Å². The largest absolute Gasteiger partial charge is 0.515 e. The molecule has 0 aromatic carbocycles. The fraction of sp³-hybridized carbons (Fsp3) is 0.857. The first-order valence-electron chi connectivity index (χ1n) is 9.83. The average molecular weight is 332 g/mol. The molecule has 1 N–H and O–H groups in total. The molecule has 3 heteroatoms. The number of ether oxygens (including phenoxy) is 1. The maximum Gasteiger partial charge on any atom is 0.162 e. The number of methoxy groups -OCH3 is 1. The number of hydrogen-bond acceptors (Lipinski definition) is 3. The molecule has 0 aliphatic heterocycles. The summed E-state index contributed by atoms with van der Waals surface area (Å²) >= 11 is 0. The van der Waals surface area contributed by atoms with Crippen LogP contribution in [0.4, 0.5) is 0 Å². The summed E-state index contributed by atoms with van der Waals surface area (Å²) < 4.78 is 5.86. The Morgan fingerprint density at radius 1 is 1.08 bits per heavy atom. The molecular weight excluding hydrogens is 300 g/mol. The van der Waals surface area contributed by atoms with E-state index >= 15 is 0 Å². The van der Waals surface area contributed by atoms with Crippen molar-refractivity contribution in [3.8, 4) is 0 Å². The molecule has 0 radical (unpaired) electrons. The van der Waals surface area contributed by atoms with E-state index in [1.807, 2.05) is 7.11 Å². The van der Waals surface area contributed by atoms with E-state index in [1.165, 1.54) is 38.5 Å². The molecule has 134 valence electrons. The van der Waals surface area contributed by atoms with Crippen LogP contribution in [-0.2, 0) is 9.53 Å². The molecule has 0 saturated heterocycles. The predicted molar refractivity (Wildman–Crippen MR) is 93.6 cm³/mol. The fourth-order valence-corrected chi connectivity index (χ4v) is 7.47. The minimum Gasteiger partial charge on any atom is -0.515 e. The van der Waals surface area contributed by atoms with Crippen molar-refractivity contribution in [1.29, 1.82) is 0 Å². The molecule has 24 heavy (non-hydrogen) atoms. The van der Waals surface area contributed by atoms with E-state index in [0.717, 1.165) is 24.5 Å². The quantitative estimate of drug-likeness (QED) is 0.561. The van der Waals surface area contributed by atoms with Gasteiger partial charge in [-0.05, 0) is 79.4 Å². The Morgan fingerprint density at radius 3 is 2.54 bits per heavy atom. The van der Waals surface area contributed by atoms with Crippen LogP contribution >= 0.6 is 0 Å². The third kappa shape index (κ3) is 2.09. The van der Waals surface area contributed by atoms with Crippen LogP contribution in [0, 0.1) is 34.5 Å². The first-order valence-corrected chi connectivity index (χ1v) is 9.83. The van der Waals surface area contributed by atoms with Crippen molar-refractivity contribution in [3.05, 3.63) is 11.8 Å². The minimum absolute atomic E-state index is 0.180. The molecule has 0 heterocycles. The van der Waals surface area contributed by atoms with Gasteiger partial charge in [0.25, 0.3) is 0 Å². The van der Waals surface area contributed by atoms with Crippen LogP contribution < -0.4 is 0 Å². The second kappa shape index (κ2) is 5.59. The molecular formula is C21H32O3. The van der Waals surface area contributed by atoms with Crippen molar-refractivity contribution < 1.29 is 14.6 Å². The standard InChI is InChI=1S/C21H32O3/c1-20-9-8-17-15(16(20)6-7-19(20)24-3)5-4-14-10-18(23)13(12-22)11-21(14,17)2/h12,14-17,19,22H,4-11H2,1-3H3/b13-12-/t14-,15-,16-,17-,19-,20-,21-/m0/s1. The first-order chi connectivity index (χ1) is 11.4. The second-order valence-electron chi connectivity index (χ2n) is 9.46. The van der Waals surface area contributed by atoms with Gasteiger partial charge in [-0.2, -0.15) is 0 Å². The smallest absolute Gasteiger partial charge is 0.162 e. The summed E-state index contributed by atoms with van der Waals surface area (Å²) in [6, 6.07) is 0. The van der Waals surface area contributed by atoms with E-state index in [2.05, 4.69) is 13.8 Å². The van der Waals surface area contributed by atoms with Crippen LogP contribution in [0.2, 0.25) is 0 Å². The highest BCUT2D eigenvalue weighted by molar-refractivity contribution is 5.96. The van der Waals surface area contributed by atoms with Gasteiger partial charge in [-0.15, -0.1) is 0 Å². The maximum atomic E-state index is 12.3. The molecule has 4 rings (SSSR count). The monoisotopic (exact) mass is 332 g/mol. The van der Waals surface area contributed by atoms with E-state index in [4.69, 9.17) is 4.74 Å². The third-order valence-corrected chi connectivity index (χ3v) is 8.78. The number of Topliss-reactive ketones (excluding diaryl/α,β-unsaturated/α-hetero) is 1. The van der Waals surface area contributed by atoms with Gasteiger partial charge in [0.05, 0.1) is 12.4 Å². The van der Waals surface area contributed by atoms with Gasteiger partial charge in [0.15, 0.2) is 5.78 Å². The lowest BCUT2D eigenvalue weighted by Gasteiger charge is -2.60. The van der Waals surface area contributed by atoms with Gasteiger partial charge in [0.1, 0.15) is 0 Å². The Labute approximate surface area is 145 Å². The van der Waals surface area contributed by atoms with Gasteiger partial charge in [-0.3, -0.25) is 4.79 Å². The normalized spacial score (nSPS) is 52.7. The number of rotatable bonds is 1. The van der Waals surface area contributed by atoms with Crippen molar-refractivity contribution in [2.45, 2.75) is 71.3 Å². The molecule has 4 aliphatic carbocycles. The molecule has 4 aliphatic rings. The zero-order valence-corrected chi connectivity index (χ0v) is 15.4. The third-order valence-electron chi connectivity index (χ3n) is 8.78. The number of ketones is 1. The van der Waals surface area contributed by atoms with Crippen LogP contribution in [0.1, 0.15) is 65.2 Å². The lowest BCUT2D eigenvalue weighted by molar-refractivity contribution is -0.136. The van der Waals surface area contributed by atoms with Gasteiger partial charge in [0.2, 0.25) is 0 Å². The lowest BCUT2D eigenvalue weighted by Crippen LogP contribution is -2.54. The number of carbonyl (C=O) groups excluding carboxylic acids is 1. The number of carbonyl (C=O) groups is 1. The van der Waals surface area contributed by atoms with Gasteiger partial charge >= 0.3 is 0 Å². The van der Waals surface area contributed by atoms with E-state index in [-0.39, 0.29) is 11.2 Å². The van der Waals surface area contributed by atoms with E-state index in [1.54, 1.807) is 0 Å². The van der Waals surface area contributed by atoms with Gasteiger partial charge < -0.3 is 9.84 Å². The summed E-state index contributed by atoms with van der Waals surface area (Å²) in [6.45, 7) is 4.88. The molecule has 0 unspecified atom stereocenters. The van der Waals surface area contributed by atoms with Crippen LogP contribution in [-0.4, -0.2) is 24.1 Å². The van der Waals surface area contributed by atoms with Gasteiger partial charge in [-0.1, -0.05) is 13.8 Å². The number of aliphatic hydroxyl groups excluding tert-OH is 1. The van der Waals surface area contributed by atoms with Gasteiger partial charge in [-0.25, -0.2) is 0 Å². The van der Waals surface area contributed by atoms with Crippen molar-refractivity contribution in [3.63, 3.8) is 0 Å². The Kier molecular flexibility index (Phi) is 3.87. The summed E-state index contributed by atoms with van der Waals surface area (Å²) in [5, 5.41) is 9.52. The number of aliphatic hydroxyl groups is 1. The fourth-order valence-electron chi connectivity index (χ4n) is 7.47. The summed E-state index contributed by atoms with van der Waals surface area (Å²) in [4.78, 5) is 12.3. The lowest BCUT2D eigenvalue weighted by atomic mass is 9.45. The molecule has 0 amide bonds. The summed E-state index contributed by atoms with van der Waals surface area (Å²) in [6.07, 6.45) is 10.5. The SMILES string of the molecule is CO[C@H]1CC[C@H]2[C@@H]3CC[C@H]4CC(=O)/C(=C\O)C[C@]4(C)[C@H]3CC[C@]12C. The Morgan fingerprint density at radius 2 is 1.83 bits per heavy atom. The predicted octanol–water partition coefficient (Wildman–Crippen LogP) is 4.67. The zero-order chi connectivity index (χ0) is 17.1. The Hall–Kier alpha value is -0.830. The molecule has 0 spiro atoms. The number of allylic oxidation sites excluding steroid dienone is 1. The molecule has 0 bridgehead atoms. The van der Waals surface area contributed by atoms with E-state index < -0.39 is 0 Å². The summed E-state index contributed by atoms with van der Waals surface area (Å²) in [5.74, 6) is 2.95. The molecule has 7 atom stereocenters. The van der Waals surface area contributed by atoms with E-state index in [9.17, 15) is 9.90 Å². The molecule has 3 nitrogen and oxygen atoms in total. The van der Waals surface area contributed by atoms with E-state index in [0.29, 0.717) is 35.3 Å². The minimum atomic E-state index is 0.180. The van der Waals surface area contributed by atoms with Crippen LogP contribution in [0.5, 0.6) is 0 Å². The highest BCUT2D eigenvalue weighted by Crippen LogP contribution is 2.66. The number of fused-ring (bicyclic) bond motifs is 5. The second-order valence-corrected chi connectivity index (χ2v) is 9.46. The summed E-state index contributed by atoms with van der Waals surface area (Å²) in [7, 11) is 1.88. The number of hydrogen-bond donors (Lipinski definition) is 1. The topological polar surface area (TPSA) is 46.5 Å². The van der Waals surface area contributed by atoms with Crippen molar-refractivity contribution in [1.82, 2.24) is 0 Å². The van der Waals surface area contributed by atoms with Crippen LogP contribution in [0.15, 0.2) is 11.8 Å². The van der Waals surface area contributed by atoms with Crippen LogP contribution in [0.25, 0.3) is 0 Å².